The van der Waals surface area contributed by atoms with Crippen LogP contribution in [0, 0.1) is 17.2 Å². The largest absolute Gasteiger partial charge is 0.490 e. The standard InChI is InChI=1S/C17H26FNO/c1-11-8-13(10-17(3,4)9-11)20-15-7-5-6-14(18)16(15)12(2)19/h5-7,11-13H,8-10,19H2,1-4H3/t11?,12-,13?/m1/s1. The minimum absolute atomic E-state index is 0.146. The van der Waals surface area contributed by atoms with Crippen LogP contribution in [0.1, 0.15) is 58.6 Å². The van der Waals surface area contributed by atoms with Gasteiger partial charge in [-0.15, -0.1) is 0 Å². The van der Waals surface area contributed by atoms with E-state index in [0.717, 1.165) is 12.8 Å². The highest BCUT2D eigenvalue weighted by atomic mass is 19.1. The van der Waals surface area contributed by atoms with Crippen molar-refractivity contribution in [2.24, 2.45) is 17.1 Å². The van der Waals surface area contributed by atoms with Crippen molar-refractivity contribution in [1.29, 1.82) is 0 Å². The van der Waals surface area contributed by atoms with Crippen molar-refractivity contribution in [2.45, 2.75) is 59.1 Å². The minimum atomic E-state index is -0.361. The molecule has 2 unspecified atom stereocenters. The lowest BCUT2D eigenvalue weighted by Crippen LogP contribution is -2.34. The van der Waals surface area contributed by atoms with Crippen LogP contribution >= 0.6 is 0 Å². The third kappa shape index (κ3) is 3.51. The molecule has 0 spiro atoms. The second kappa shape index (κ2) is 5.72. The van der Waals surface area contributed by atoms with Crippen molar-refractivity contribution in [3.8, 4) is 5.75 Å². The number of ether oxygens (including phenoxy) is 1. The van der Waals surface area contributed by atoms with Gasteiger partial charge >= 0.3 is 0 Å². The summed E-state index contributed by atoms with van der Waals surface area (Å²) in [6, 6.07) is 4.60. The highest BCUT2D eigenvalue weighted by molar-refractivity contribution is 5.37. The van der Waals surface area contributed by atoms with Crippen LogP contribution in [0.4, 0.5) is 4.39 Å². The molecular formula is C17H26FNO. The van der Waals surface area contributed by atoms with Crippen molar-refractivity contribution in [2.75, 3.05) is 0 Å². The fourth-order valence-corrected chi connectivity index (χ4v) is 3.59. The van der Waals surface area contributed by atoms with E-state index in [9.17, 15) is 4.39 Å². The molecule has 2 rings (SSSR count). The van der Waals surface area contributed by atoms with E-state index in [4.69, 9.17) is 10.5 Å². The third-order valence-corrected chi connectivity index (χ3v) is 4.11. The number of hydrogen-bond acceptors (Lipinski definition) is 2. The number of benzene rings is 1. The molecule has 112 valence electrons. The summed E-state index contributed by atoms with van der Waals surface area (Å²) < 4.78 is 20.0. The summed E-state index contributed by atoms with van der Waals surface area (Å²) in [4.78, 5) is 0. The zero-order valence-corrected chi connectivity index (χ0v) is 12.9. The van der Waals surface area contributed by atoms with Crippen molar-refractivity contribution < 1.29 is 9.13 Å². The lowest BCUT2D eigenvalue weighted by Gasteiger charge is -2.39. The molecule has 0 saturated heterocycles. The molecule has 0 radical (unpaired) electrons. The molecule has 1 aromatic carbocycles. The average molecular weight is 279 g/mol. The van der Waals surface area contributed by atoms with E-state index in [0.29, 0.717) is 17.2 Å². The SMILES string of the molecule is CC1CC(Oc2cccc(F)c2[C@@H](C)N)CC(C)(C)C1. The van der Waals surface area contributed by atoms with Gasteiger partial charge in [-0.2, -0.15) is 0 Å². The van der Waals surface area contributed by atoms with Gasteiger partial charge in [0, 0.05) is 11.6 Å². The Morgan fingerprint density at radius 1 is 1.35 bits per heavy atom. The fourth-order valence-electron chi connectivity index (χ4n) is 3.59. The Morgan fingerprint density at radius 3 is 2.65 bits per heavy atom. The van der Waals surface area contributed by atoms with Crippen molar-refractivity contribution in [1.82, 2.24) is 0 Å². The summed E-state index contributed by atoms with van der Waals surface area (Å²) in [5.41, 5.74) is 6.65. The average Bonchev–Trinajstić information content (AvgIpc) is 2.25. The Labute approximate surface area is 121 Å². The Morgan fingerprint density at radius 2 is 2.05 bits per heavy atom. The van der Waals surface area contributed by atoms with E-state index in [1.807, 2.05) is 6.07 Å². The number of halogens is 1. The molecule has 2 nitrogen and oxygen atoms in total. The molecule has 0 aromatic heterocycles. The van der Waals surface area contributed by atoms with Gasteiger partial charge in [-0.3, -0.25) is 0 Å². The van der Waals surface area contributed by atoms with E-state index in [1.165, 1.54) is 12.5 Å². The molecule has 1 saturated carbocycles. The van der Waals surface area contributed by atoms with Gasteiger partial charge in [-0.25, -0.2) is 4.39 Å². The normalized spacial score (nSPS) is 27.1. The molecule has 3 atom stereocenters. The van der Waals surface area contributed by atoms with Crippen molar-refractivity contribution in [3.05, 3.63) is 29.6 Å². The zero-order chi connectivity index (χ0) is 14.9. The van der Waals surface area contributed by atoms with E-state index in [2.05, 4.69) is 20.8 Å². The maximum Gasteiger partial charge on any atom is 0.131 e. The Bertz CT molecular complexity index is 470. The van der Waals surface area contributed by atoms with E-state index >= 15 is 0 Å². The monoisotopic (exact) mass is 279 g/mol. The second-order valence-corrected chi connectivity index (χ2v) is 7.09. The first-order valence-electron chi connectivity index (χ1n) is 7.49. The zero-order valence-electron chi connectivity index (χ0n) is 12.9. The summed E-state index contributed by atoms with van der Waals surface area (Å²) in [6.45, 7) is 8.60. The van der Waals surface area contributed by atoms with Crippen LogP contribution in [0.2, 0.25) is 0 Å². The van der Waals surface area contributed by atoms with E-state index in [-0.39, 0.29) is 23.4 Å². The lowest BCUT2D eigenvalue weighted by molar-refractivity contribution is 0.0552. The number of nitrogens with two attached hydrogens (primary N) is 1. The lowest BCUT2D eigenvalue weighted by atomic mass is 9.71. The Kier molecular flexibility index (Phi) is 4.38. The van der Waals surface area contributed by atoms with Gasteiger partial charge in [-0.05, 0) is 49.7 Å². The predicted molar refractivity (Wildman–Crippen MR) is 80.2 cm³/mol. The molecule has 1 aliphatic rings. The molecule has 1 aromatic rings. The van der Waals surface area contributed by atoms with Gasteiger partial charge < -0.3 is 10.5 Å². The molecule has 20 heavy (non-hydrogen) atoms. The van der Waals surface area contributed by atoms with Gasteiger partial charge in [0.05, 0.1) is 6.10 Å². The Balaban J connectivity index is 2.20. The van der Waals surface area contributed by atoms with Gasteiger partial charge in [0.25, 0.3) is 0 Å². The molecule has 0 heterocycles. The highest BCUT2D eigenvalue weighted by Crippen LogP contribution is 2.40. The maximum absolute atomic E-state index is 13.9. The summed E-state index contributed by atoms with van der Waals surface area (Å²) in [5, 5.41) is 0. The highest BCUT2D eigenvalue weighted by Gasteiger charge is 2.33. The quantitative estimate of drug-likeness (QED) is 0.887. The van der Waals surface area contributed by atoms with Crippen molar-refractivity contribution in [3.63, 3.8) is 0 Å². The number of hydrogen-bond donors (Lipinski definition) is 1. The van der Waals surface area contributed by atoms with Crippen molar-refractivity contribution >= 4 is 0 Å². The first-order chi connectivity index (χ1) is 9.28. The molecule has 1 fully saturated rings. The first kappa shape index (κ1) is 15.3. The molecule has 2 N–H and O–H groups in total. The molecule has 0 bridgehead atoms. The summed E-state index contributed by atoms with van der Waals surface area (Å²) >= 11 is 0. The van der Waals surface area contributed by atoms with E-state index in [1.54, 1.807) is 13.0 Å². The fraction of sp³-hybridized carbons (Fsp3) is 0.647. The predicted octanol–water partition coefficient (Wildman–Crippen LogP) is 4.44. The van der Waals surface area contributed by atoms with Gasteiger partial charge in [0.1, 0.15) is 11.6 Å². The van der Waals surface area contributed by atoms with E-state index < -0.39 is 0 Å². The molecule has 1 aliphatic carbocycles. The third-order valence-electron chi connectivity index (χ3n) is 4.11. The summed E-state index contributed by atoms with van der Waals surface area (Å²) in [5.74, 6) is 0.964. The van der Waals surface area contributed by atoms with Gasteiger partial charge in [-0.1, -0.05) is 26.8 Å². The Hall–Kier alpha value is -1.09. The summed E-state index contributed by atoms with van der Waals surface area (Å²) in [7, 11) is 0. The van der Waals surface area contributed by atoms with Gasteiger partial charge in [0.15, 0.2) is 0 Å². The van der Waals surface area contributed by atoms with Crippen LogP contribution in [-0.2, 0) is 0 Å². The van der Waals surface area contributed by atoms with Crippen LogP contribution in [0.15, 0.2) is 18.2 Å². The van der Waals surface area contributed by atoms with Crippen LogP contribution < -0.4 is 10.5 Å². The topological polar surface area (TPSA) is 35.2 Å². The first-order valence-corrected chi connectivity index (χ1v) is 7.49. The van der Waals surface area contributed by atoms with Gasteiger partial charge in [0.2, 0.25) is 0 Å². The van der Waals surface area contributed by atoms with Crippen LogP contribution in [0.3, 0.4) is 0 Å². The molecule has 0 amide bonds. The summed E-state index contributed by atoms with van der Waals surface area (Å²) in [6.07, 6.45) is 3.40. The van der Waals surface area contributed by atoms with Crippen LogP contribution in [-0.4, -0.2) is 6.10 Å². The maximum atomic E-state index is 13.9. The number of rotatable bonds is 3. The van der Waals surface area contributed by atoms with Crippen LogP contribution in [0.5, 0.6) is 5.75 Å². The minimum Gasteiger partial charge on any atom is -0.490 e. The molecule has 0 aliphatic heterocycles. The molecule has 3 heteroatoms. The smallest absolute Gasteiger partial charge is 0.131 e. The molecular weight excluding hydrogens is 253 g/mol. The van der Waals surface area contributed by atoms with Crippen LogP contribution in [0.25, 0.3) is 0 Å². The second-order valence-electron chi connectivity index (χ2n) is 7.09.